The zero-order chi connectivity index (χ0) is 32.4. The Morgan fingerprint density at radius 2 is 0.933 bits per heavy atom. The highest BCUT2D eigenvalue weighted by atomic mass is 16.5. The van der Waals surface area contributed by atoms with Crippen molar-refractivity contribution in [1.82, 2.24) is 0 Å². The standard InChI is InChI=1S/C37H57NO7/c1-2-3-4-5-6-7-8-9-10-11-12-13-14-15-16-20-24-44-34-27-32(38(30-36(39)40)31-37(41)42)28-35(29-34)45-26-21-25-43-33-22-18-17-19-23-33/h17-19,22-23,27-29H,2-16,20-21,24-26,30-31H2,1H3,(H,39,40)(H,41,42). The van der Waals surface area contributed by atoms with Crippen molar-refractivity contribution in [1.29, 1.82) is 0 Å². The van der Waals surface area contributed by atoms with Crippen molar-refractivity contribution in [3.05, 3.63) is 48.5 Å². The van der Waals surface area contributed by atoms with E-state index in [1.165, 1.54) is 94.8 Å². The van der Waals surface area contributed by atoms with E-state index in [0.717, 1.165) is 18.6 Å². The number of nitrogens with zero attached hydrogens (tertiary/aromatic N) is 1. The summed E-state index contributed by atoms with van der Waals surface area (Å²) >= 11 is 0. The Labute approximate surface area is 271 Å². The van der Waals surface area contributed by atoms with Crippen molar-refractivity contribution in [2.45, 2.75) is 116 Å². The molecule has 0 atom stereocenters. The van der Waals surface area contributed by atoms with E-state index in [2.05, 4.69) is 6.92 Å². The highest BCUT2D eigenvalue weighted by Crippen LogP contribution is 2.29. The number of carboxylic acid groups (broad SMARTS) is 2. The number of para-hydroxylation sites is 1. The number of rotatable bonds is 29. The molecule has 0 bridgehead atoms. The van der Waals surface area contributed by atoms with E-state index in [1.54, 1.807) is 18.2 Å². The Morgan fingerprint density at radius 3 is 1.38 bits per heavy atom. The maximum Gasteiger partial charge on any atom is 0.323 e. The van der Waals surface area contributed by atoms with Gasteiger partial charge in [0.2, 0.25) is 0 Å². The molecule has 0 aromatic heterocycles. The fourth-order valence-corrected chi connectivity index (χ4v) is 5.27. The molecule has 2 N–H and O–H groups in total. The topological polar surface area (TPSA) is 106 Å². The van der Waals surface area contributed by atoms with Crippen molar-refractivity contribution in [2.75, 3.05) is 37.8 Å². The van der Waals surface area contributed by atoms with Crippen LogP contribution in [0.4, 0.5) is 5.69 Å². The summed E-state index contributed by atoms with van der Waals surface area (Å²) < 4.78 is 17.7. The van der Waals surface area contributed by atoms with Crippen LogP contribution >= 0.6 is 0 Å². The Hall–Kier alpha value is -3.42. The Kier molecular flexibility index (Phi) is 20.9. The third kappa shape index (κ3) is 19.6. The van der Waals surface area contributed by atoms with Crippen LogP contribution in [0.5, 0.6) is 17.2 Å². The van der Waals surface area contributed by atoms with E-state index < -0.39 is 25.0 Å². The predicted molar refractivity (Wildman–Crippen MR) is 181 cm³/mol. The molecule has 0 heterocycles. The molecule has 2 aromatic rings. The van der Waals surface area contributed by atoms with E-state index in [0.29, 0.717) is 43.4 Å². The maximum atomic E-state index is 11.4. The van der Waals surface area contributed by atoms with Crippen LogP contribution in [0.1, 0.15) is 116 Å². The van der Waals surface area contributed by atoms with Crippen molar-refractivity contribution in [3.8, 4) is 17.2 Å². The van der Waals surface area contributed by atoms with Crippen LogP contribution in [-0.2, 0) is 9.59 Å². The first kappa shape index (κ1) is 37.8. The number of carbonyl (C=O) groups is 2. The average molecular weight is 628 g/mol. The number of hydrogen-bond donors (Lipinski definition) is 2. The van der Waals surface area contributed by atoms with Gasteiger partial charge < -0.3 is 29.3 Å². The number of ether oxygens (including phenoxy) is 3. The first-order valence-corrected chi connectivity index (χ1v) is 17.2. The molecule has 8 nitrogen and oxygen atoms in total. The van der Waals surface area contributed by atoms with E-state index in [1.807, 2.05) is 30.3 Å². The van der Waals surface area contributed by atoms with Gasteiger partial charge in [0.1, 0.15) is 30.3 Å². The molecule has 0 spiro atoms. The Bertz CT molecular complexity index is 1030. The van der Waals surface area contributed by atoms with Gasteiger partial charge in [-0.2, -0.15) is 0 Å². The smallest absolute Gasteiger partial charge is 0.323 e. The number of benzene rings is 2. The lowest BCUT2D eigenvalue weighted by molar-refractivity contribution is -0.136. The van der Waals surface area contributed by atoms with Crippen LogP contribution in [0.15, 0.2) is 48.5 Å². The number of carboxylic acids is 2. The van der Waals surface area contributed by atoms with Crippen molar-refractivity contribution < 1.29 is 34.0 Å². The van der Waals surface area contributed by atoms with Crippen LogP contribution in [0.2, 0.25) is 0 Å². The van der Waals surface area contributed by atoms with Crippen LogP contribution in [0, 0.1) is 0 Å². The largest absolute Gasteiger partial charge is 0.493 e. The fourth-order valence-electron chi connectivity index (χ4n) is 5.27. The van der Waals surface area contributed by atoms with Crippen LogP contribution < -0.4 is 19.1 Å². The number of hydrogen-bond acceptors (Lipinski definition) is 6. The van der Waals surface area contributed by atoms with Gasteiger partial charge in [-0.3, -0.25) is 9.59 Å². The zero-order valence-electron chi connectivity index (χ0n) is 27.6. The molecule has 0 aliphatic heterocycles. The third-order valence-corrected chi connectivity index (χ3v) is 7.72. The van der Waals surface area contributed by atoms with Crippen molar-refractivity contribution in [2.24, 2.45) is 0 Å². The van der Waals surface area contributed by atoms with E-state index >= 15 is 0 Å². The van der Waals surface area contributed by atoms with Gasteiger partial charge in [-0.15, -0.1) is 0 Å². The molecular weight excluding hydrogens is 570 g/mol. The lowest BCUT2D eigenvalue weighted by Crippen LogP contribution is -2.34. The highest BCUT2D eigenvalue weighted by Gasteiger charge is 2.17. The Morgan fingerprint density at radius 1 is 0.533 bits per heavy atom. The number of unbranched alkanes of at least 4 members (excludes halogenated alkanes) is 15. The number of anilines is 1. The summed E-state index contributed by atoms with van der Waals surface area (Å²) in [7, 11) is 0. The highest BCUT2D eigenvalue weighted by molar-refractivity contribution is 5.80. The SMILES string of the molecule is CCCCCCCCCCCCCCCCCCOc1cc(OCCCOc2ccccc2)cc(N(CC(=O)O)CC(=O)O)c1. The molecular formula is C37H57NO7. The van der Waals surface area contributed by atoms with Gasteiger partial charge >= 0.3 is 11.9 Å². The first-order valence-electron chi connectivity index (χ1n) is 17.2. The van der Waals surface area contributed by atoms with Gasteiger partial charge in [-0.1, -0.05) is 121 Å². The summed E-state index contributed by atoms with van der Waals surface area (Å²) in [4.78, 5) is 24.1. The minimum Gasteiger partial charge on any atom is -0.493 e. The molecule has 0 saturated heterocycles. The van der Waals surface area contributed by atoms with Gasteiger partial charge in [0.25, 0.3) is 0 Å². The lowest BCUT2D eigenvalue weighted by Gasteiger charge is -2.22. The molecule has 45 heavy (non-hydrogen) atoms. The van der Waals surface area contributed by atoms with Crippen molar-refractivity contribution >= 4 is 17.6 Å². The molecule has 8 heteroatoms. The van der Waals surface area contributed by atoms with Gasteiger partial charge in [0.15, 0.2) is 0 Å². The molecule has 2 aromatic carbocycles. The molecule has 0 amide bonds. The molecule has 0 radical (unpaired) electrons. The van der Waals surface area contributed by atoms with Gasteiger partial charge in [0.05, 0.1) is 19.8 Å². The van der Waals surface area contributed by atoms with Gasteiger partial charge in [-0.25, -0.2) is 0 Å². The van der Waals surface area contributed by atoms with E-state index in [-0.39, 0.29) is 0 Å². The second kappa shape index (κ2) is 24.8. The molecule has 0 fully saturated rings. The lowest BCUT2D eigenvalue weighted by atomic mass is 10.0. The predicted octanol–water partition coefficient (Wildman–Crippen LogP) is 9.15. The first-order chi connectivity index (χ1) is 22.0. The van der Waals surface area contributed by atoms with Gasteiger partial charge in [-0.05, 0) is 18.6 Å². The average Bonchev–Trinajstić information content (AvgIpc) is 3.02. The quantitative estimate of drug-likeness (QED) is 0.0860. The summed E-state index contributed by atoms with van der Waals surface area (Å²) in [5, 5.41) is 18.7. The molecule has 252 valence electrons. The van der Waals surface area contributed by atoms with E-state index in [4.69, 9.17) is 14.2 Å². The number of aliphatic carboxylic acids is 2. The summed E-state index contributed by atoms with van der Waals surface area (Å²) in [6, 6.07) is 14.7. The van der Waals surface area contributed by atoms with E-state index in [9.17, 15) is 19.8 Å². The summed E-state index contributed by atoms with van der Waals surface area (Å²) in [5.74, 6) is -0.408. The van der Waals surface area contributed by atoms with Crippen LogP contribution in [0.3, 0.4) is 0 Å². The fraction of sp³-hybridized carbons (Fsp3) is 0.622. The molecule has 2 rings (SSSR count). The van der Waals surface area contributed by atoms with Gasteiger partial charge in [0, 0.05) is 30.3 Å². The maximum absolute atomic E-state index is 11.4. The third-order valence-electron chi connectivity index (χ3n) is 7.72. The Balaban J connectivity index is 1.70. The van der Waals surface area contributed by atoms with Crippen LogP contribution in [0.25, 0.3) is 0 Å². The molecule has 0 aliphatic rings. The minimum atomic E-state index is -1.11. The molecule has 0 unspecified atom stereocenters. The minimum absolute atomic E-state index is 0.382. The monoisotopic (exact) mass is 627 g/mol. The summed E-state index contributed by atoms with van der Waals surface area (Å²) in [6.45, 7) is 2.77. The summed E-state index contributed by atoms with van der Waals surface area (Å²) in [6.07, 6.45) is 21.5. The van der Waals surface area contributed by atoms with Crippen LogP contribution in [-0.4, -0.2) is 55.1 Å². The zero-order valence-corrected chi connectivity index (χ0v) is 27.6. The molecule has 0 aliphatic carbocycles. The molecule has 0 saturated carbocycles. The second-order valence-electron chi connectivity index (χ2n) is 11.8. The normalized spacial score (nSPS) is 10.9. The summed E-state index contributed by atoms with van der Waals surface area (Å²) in [5.41, 5.74) is 0.430. The second-order valence-corrected chi connectivity index (χ2v) is 11.8. The van der Waals surface area contributed by atoms with Crippen molar-refractivity contribution in [3.63, 3.8) is 0 Å².